The van der Waals surface area contributed by atoms with Gasteiger partial charge in [-0.05, 0) is 24.6 Å². The molecule has 0 unspecified atom stereocenters. The van der Waals surface area contributed by atoms with Crippen LogP contribution in [0.25, 0.3) is 11.2 Å². The quantitative estimate of drug-likeness (QED) is 0.444. The van der Waals surface area contributed by atoms with E-state index in [1.165, 1.54) is 26.5 Å². The largest absolute Gasteiger partial charge is 0.455 e. The van der Waals surface area contributed by atoms with Crippen LogP contribution < -0.4 is 5.32 Å². The zero-order valence-corrected chi connectivity index (χ0v) is 18.7. The van der Waals surface area contributed by atoms with E-state index in [0.29, 0.717) is 22.0 Å². The first-order valence-corrected chi connectivity index (χ1v) is 10.3. The minimum Gasteiger partial charge on any atom is -0.455 e. The summed E-state index contributed by atoms with van der Waals surface area (Å²) in [5.74, 6) is 1.71. The van der Waals surface area contributed by atoms with Gasteiger partial charge < -0.3 is 19.5 Å². The van der Waals surface area contributed by atoms with Crippen molar-refractivity contribution in [2.24, 2.45) is 0 Å². The van der Waals surface area contributed by atoms with Gasteiger partial charge >= 0.3 is 11.9 Å². The van der Waals surface area contributed by atoms with Gasteiger partial charge in [-0.1, -0.05) is 23.6 Å². The molecule has 1 aromatic carbocycles. The monoisotopic (exact) mass is 469 g/mol. The molecule has 33 heavy (non-hydrogen) atoms. The molecule has 1 N–H and O–H groups in total. The Bertz CT molecular complexity index is 1270. The van der Waals surface area contributed by atoms with E-state index in [9.17, 15) is 9.59 Å². The van der Waals surface area contributed by atoms with Crippen LogP contribution in [0.4, 0.5) is 11.5 Å². The summed E-state index contributed by atoms with van der Waals surface area (Å²) in [6.45, 7) is 4.36. The van der Waals surface area contributed by atoms with E-state index in [2.05, 4.69) is 26.2 Å². The zero-order chi connectivity index (χ0) is 23.7. The number of aromatic nitrogens is 4. The highest BCUT2D eigenvalue weighted by molar-refractivity contribution is 6.31. The molecule has 0 spiro atoms. The maximum atomic E-state index is 11.8. The molecule has 11 heteroatoms. The Kier molecular flexibility index (Phi) is 6.18. The Balaban J connectivity index is 1.74. The molecular formula is C22H20ClN5O5. The van der Waals surface area contributed by atoms with Crippen molar-refractivity contribution in [2.75, 3.05) is 5.32 Å². The number of benzene rings is 1. The highest BCUT2D eigenvalue weighted by Crippen LogP contribution is 2.36. The molecule has 3 aromatic rings. The van der Waals surface area contributed by atoms with E-state index in [1.54, 1.807) is 10.6 Å². The fourth-order valence-corrected chi connectivity index (χ4v) is 3.81. The Morgan fingerprint density at radius 1 is 1.18 bits per heavy atom. The molecule has 3 heterocycles. The smallest absolute Gasteiger partial charge is 0.303 e. The van der Waals surface area contributed by atoms with Crippen LogP contribution in [0.2, 0.25) is 5.02 Å². The first kappa shape index (κ1) is 22.5. The van der Waals surface area contributed by atoms with Gasteiger partial charge in [0.15, 0.2) is 41.5 Å². The van der Waals surface area contributed by atoms with Crippen molar-refractivity contribution in [3.8, 4) is 12.3 Å². The number of fused-ring (bicyclic) bond motifs is 1. The van der Waals surface area contributed by atoms with E-state index in [-0.39, 0.29) is 0 Å². The number of carbonyl (C=O) groups is 2. The van der Waals surface area contributed by atoms with Gasteiger partial charge in [-0.3, -0.25) is 14.2 Å². The standard InChI is InChI=1S/C22H20ClN5O5/c1-5-16-18(31-12(3)29)19(32-13(4)30)22(33-16)28-10-26-17-20(24-9-25-21(17)28)27-15-8-6-7-14(23)11(15)2/h1,6-10,16,18-19,22H,2-4H3,(H,24,25,27)/t16-,18-,19-,22-/m1/s1. The molecular weight excluding hydrogens is 450 g/mol. The molecule has 0 saturated carbocycles. The number of rotatable bonds is 5. The minimum absolute atomic E-state index is 0.397. The van der Waals surface area contributed by atoms with Crippen molar-refractivity contribution in [3.05, 3.63) is 41.4 Å². The number of nitrogens with one attached hydrogen (secondary N) is 1. The molecule has 170 valence electrons. The van der Waals surface area contributed by atoms with Gasteiger partial charge in [0.1, 0.15) is 6.33 Å². The fourth-order valence-electron chi connectivity index (χ4n) is 3.64. The van der Waals surface area contributed by atoms with Crippen molar-refractivity contribution in [1.29, 1.82) is 0 Å². The zero-order valence-electron chi connectivity index (χ0n) is 18.0. The summed E-state index contributed by atoms with van der Waals surface area (Å²) in [5, 5.41) is 3.83. The fraction of sp³-hybridized carbons (Fsp3) is 0.318. The number of anilines is 2. The van der Waals surface area contributed by atoms with Crippen LogP contribution in [-0.4, -0.2) is 49.8 Å². The molecule has 1 fully saturated rings. The number of ether oxygens (including phenoxy) is 3. The number of imidazole rings is 1. The normalized spacial score (nSPS) is 22.0. The third kappa shape index (κ3) is 4.33. The molecule has 0 aliphatic carbocycles. The first-order valence-electron chi connectivity index (χ1n) is 9.96. The topological polar surface area (TPSA) is 117 Å². The summed E-state index contributed by atoms with van der Waals surface area (Å²) in [4.78, 5) is 36.4. The maximum Gasteiger partial charge on any atom is 0.303 e. The Morgan fingerprint density at radius 2 is 1.91 bits per heavy atom. The van der Waals surface area contributed by atoms with Crippen LogP contribution in [0.1, 0.15) is 25.6 Å². The summed E-state index contributed by atoms with van der Waals surface area (Å²) >= 11 is 6.22. The molecule has 10 nitrogen and oxygen atoms in total. The van der Waals surface area contributed by atoms with Crippen molar-refractivity contribution in [3.63, 3.8) is 0 Å². The summed E-state index contributed by atoms with van der Waals surface area (Å²) in [5.41, 5.74) is 2.44. The van der Waals surface area contributed by atoms with Gasteiger partial charge in [0, 0.05) is 24.6 Å². The molecule has 4 atom stereocenters. The molecule has 1 saturated heterocycles. The van der Waals surface area contributed by atoms with Crippen LogP contribution in [0.5, 0.6) is 0 Å². The van der Waals surface area contributed by atoms with E-state index in [1.807, 2.05) is 19.1 Å². The van der Waals surface area contributed by atoms with Gasteiger partial charge in [0.05, 0.1) is 6.33 Å². The minimum atomic E-state index is -1.01. The van der Waals surface area contributed by atoms with E-state index in [4.69, 9.17) is 32.2 Å². The Hall–Kier alpha value is -3.68. The van der Waals surface area contributed by atoms with Crippen LogP contribution in [-0.2, 0) is 23.8 Å². The van der Waals surface area contributed by atoms with Crippen LogP contribution in [0.3, 0.4) is 0 Å². The van der Waals surface area contributed by atoms with Gasteiger partial charge in [0.2, 0.25) is 0 Å². The second kappa shape index (κ2) is 9.05. The van der Waals surface area contributed by atoms with Gasteiger partial charge in [-0.2, -0.15) is 0 Å². The van der Waals surface area contributed by atoms with Crippen molar-refractivity contribution in [1.82, 2.24) is 19.5 Å². The highest BCUT2D eigenvalue weighted by atomic mass is 35.5. The molecule has 2 aromatic heterocycles. The maximum absolute atomic E-state index is 11.8. The number of terminal acetylenes is 1. The van der Waals surface area contributed by atoms with Gasteiger partial charge in [-0.15, -0.1) is 6.42 Å². The van der Waals surface area contributed by atoms with Crippen LogP contribution in [0, 0.1) is 19.3 Å². The molecule has 1 aliphatic rings. The van der Waals surface area contributed by atoms with Crippen molar-refractivity contribution in [2.45, 2.75) is 45.3 Å². The molecule has 4 rings (SSSR count). The third-order valence-corrected chi connectivity index (χ3v) is 5.52. The van der Waals surface area contributed by atoms with Gasteiger partial charge in [-0.25, -0.2) is 15.0 Å². The number of hydrogen-bond acceptors (Lipinski definition) is 9. The number of nitrogens with zero attached hydrogens (tertiary/aromatic N) is 4. The number of carbonyl (C=O) groups excluding carboxylic acids is 2. The Morgan fingerprint density at radius 3 is 2.61 bits per heavy atom. The SMILES string of the molecule is C#C[C@H]1O[C@@H](n2cnc3c(Nc4cccc(Cl)c4C)ncnc32)[C@H](OC(C)=O)[C@@H]1OC(C)=O. The molecule has 1 aliphatic heterocycles. The van der Waals surface area contributed by atoms with E-state index < -0.39 is 36.5 Å². The lowest BCUT2D eigenvalue weighted by atomic mass is 10.1. The molecule has 0 bridgehead atoms. The predicted octanol–water partition coefficient (Wildman–Crippen LogP) is 2.93. The predicted molar refractivity (Wildman–Crippen MR) is 119 cm³/mol. The molecule has 0 radical (unpaired) electrons. The average molecular weight is 470 g/mol. The van der Waals surface area contributed by atoms with Crippen molar-refractivity contribution >= 4 is 46.2 Å². The first-order chi connectivity index (χ1) is 15.8. The van der Waals surface area contributed by atoms with E-state index >= 15 is 0 Å². The molecule has 0 amide bonds. The number of hydrogen-bond donors (Lipinski definition) is 1. The van der Waals surface area contributed by atoms with Crippen LogP contribution >= 0.6 is 11.6 Å². The average Bonchev–Trinajstić information content (AvgIpc) is 3.33. The lowest BCUT2D eigenvalue weighted by molar-refractivity contribution is -0.165. The second-order valence-corrected chi connectivity index (χ2v) is 7.75. The Labute approximate surface area is 194 Å². The van der Waals surface area contributed by atoms with E-state index in [0.717, 1.165) is 11.3 Å². The van der Waals surface area contributed by atoms with Crippen LogP contribution in [0.15, 0.2) is 30.9 Å². The summed E-state index contributed by atoms with van der Waals surface area (Å²) in [7, 11) is 0. The highest BCUT2D eigenvalue weighted by Gasteiger charge is 2.50. The number of halogens is 1. The lowest BCUT2D eigenvalue weighted by Crippen LogP contribution is -2.38. The third-order valence-electron chi connectivity index (χ3n) is 5.11. The second-order valence-electron chi connectivity index (χ2n) is 7.35. The lowest BCUT2D eigenvalue weighted by Gasteiger charge is -2.23. The summed E-state index contributed by atoms with van der Waals surface area (Å²) in [6, 6.07) is 5.48. The summed E-state index contributed by atoms with van der Waals surface area (Å²) < 4.78 is 18.2. The number of esters is 2. The van der Waals surface area contributed by atoms with Gasteiger partial charge in [0.25, 0.3) is 0 Å². The summed E-state index contributed by atoms with van der Waals surface area (Å²) in [6.07, 6.45) is 4.55. The van der Waals surface area contributed by atoms with Crippen molar-refractivity contribution < 1.29 is 23.8 Å².